The van der Waals surface area contributed by atoms with Gasteiger partial charge in [-0.15, -0.1) is 0 Å². The molecule has 0 N–H and O–H groups in total. The van der Waals surface area contributed by atoms with Crippen molar-refractivity contribution in [1.82, 2.24) is 9.55 Å². The number of fused-ring (bicyclic) bond motifs is 7. The fourth-order valence-corrected chi connectivity index (χ4v) is 6.53. The van der Waals surface area contributed by atoms with Gasteiger partial charge in [-0.05, 0) is 53.6 Å². The Morgan fingerprint density at radius 3 is 1.95 bits per heavy atom. The van der Waals surface area contributed by atoms with Gasteiger partial charge in [-0.25, -0.2) is 4.98 Å². The summed E-state index contributed by atoms with van der Waals surface area (Å²) in [7, 11) is 0. The Kier molecular flexibility index (Phi) is 4.90. The second kappa shape index (κ2) is 8.92. The van der Waals surface area contributed by atoms with Crippen molar-refractivity contribution in [3.63, 3.8) is 0 Å². The lowest BCUT2D eigenvalue weighted by atomic mass is 9.94. The van der Waals surface area contributed by atoms with Crippen molar-refractivity contribution in [2.45, 2.75) is 0 Å². The minimum Gasteiger partial charge on any atom is -0.456 e. The molecule has 3 heteroatoms. The monoisotopic (exact) mass is 536 g/mol. The number of hydrogen-bond acceptors (Lipinski definition) is 2. The molecule has 9 rings (SSSR count). The van der Waals surface area contributed by atoms with Gasteiger partial charge in [-0.1, -0.05) is 97.1 Å². The first-order chi connectivity index (χ1) is 20.8. The molecule has 0 atom stereocenters. The maximum atomic E-state index is 6.58. The summed E-state index contributed by atoms with van der Waals surface area (Å²) >= 11 is 0. The number of nitrogens with zero attached hydrogens (tertiary/aromatic N) is 2. The standard InChI is InChI=1S/C39H24N2O/c1-2-11-25(12-3-1)34-24-32(27-13-4-7-17-33(27)40-34)30-16-10-20-37-39(30)31-22-21-26(23-38(31)42-37)41-35-18-8-5-14-28(35)29-15-6-9-19-36(29)41/h1-24H. The molecular weight excluding hydrogens is 512 g/mol. The van der Waals surface area contributed by atoms with Gasteiger partial charge in [0, 0.05) is 44.2 Å². The first-order valence-corrected chi connectivity index (χ1v) is 14.2. The molecule has 0 spiro atoms. The number of furan rings is 1. The molecule has 0 amide bonds. The van der Waals surface area contributed by atoms with Crippen molar-refractivity contribution >= 4 is 54.6 Å². The van der Waals surface area contributed by atoms with Gasteiger partial charge in [-0.3, -0.25) is 0 Å². The van der Waals surface area contributed by atoms with Crippen LogP contribution in [0.15, 0.2) is 150 Å². The van der Waals surface area contributed by atoms with E-state index in [0.29, 0.717) is 0 Å². The molecule has 0 unspecified atom stereocenters. The van der Waals surface area contributed by atoms with E-state index in [-0.39, 0.29) is 0 Å². The lowest BCUT2D eigenvalue weighted by Crippen LogP contribution is -1.93. The third-order valence-corrected chi connectivity index (χ3v) is 8.39. The third-order valence-electron chi connectivity index (χ3n) is 8.39. The first kappa shape index (κ1) is 23.1. The van der Waals surface area contributed by atoms with Gasteiger partial charge in [-0.2, -0.15) is 0 Å². The van der Waals surface area contributed by atoms with Gasteiger partial charge in [0.25, 0.3) is 0 Å². The number of aromatic nitrogens is 2. The highest BCUT2D eigenvalue weighted by atomic mass is 16.3. The molecule has 0 bridgehead atoms. The molecular formula is C39H24N2O. The van der Waals surface area contributed by atoms with Crippen molar-refractivity contribution in [1.29, 1.82) is 0 Å². The van der Waals surface area contributed by atoms with Crippen LogP contribution in [0.3, 0.4) is 0 Å². The Morgan fingerprint density at radius 1 is 0.476 bits per heavy atom. The van der Waals surface area contributed by atoms with E-state index >= 15 is 0 Å². The molecule has 0 saturated heterocycles. The summed E-state index contributed by atoms with van der Waals surface area (Å²) in [5.74, 6) is 0. The highest BCUT2D eigenvalue weighted by Gasteiger charge is 2.18. The molecule has 0 aliphatic rings. The predicted molar refractivity (Wildman–Crippen MR) is 174 cm³/mol. The van der Waals surface area contributed by atoms with Crippen molar-refractivity contribution < 1.29 is 4.42 Å². The topological polar surface area (TPSA) is 31.0 Å². The average Bonchev–Trinajstić information content (AvgIpc) is 3.60. The molecule has 3 aromatic heterocycles. The minimum atomic E-state index is 0.874. The van der Waals surface area contributed by atoms with Crippen LogP contribution in [-0.4, -0.2) is 9.55 Å². The fraction of sp³-hybridized carbons (Fsp3) is 0. The zero-order valence-electron chi connectivity index (χ0n) is 22.7. The summed E-state index contributed by atoms with van der Waals surface area (Å²) in [6.45, 7) is 0. The van der Waals surface area contributed by atoms with Crippen LogP contribution >= 0.6 is 0 Å². The van der Waals surface area contributed by atoms with Gasteiger partial charge in [0.15, 0.2) is 0 Å². The van der Waals surface area contributed by atoms with E-state index in [2.05, 4.69) is 144 Å². The molecule has 3 nitrogen and oxygen atoms in total. The molecule has 196 valence electrons. The van der Waals surface area contributed by atoms with Crippen LogP contribution in [0.25, 0.3) is 82.7 Å². The molecule has 6 aromatic carbocycles. The van der Waals surface area contributed by atoms with Crippen LogP contribution in [0.5, 0.6) is 0 Å². The molecule has 42 heavy (non-hydrogen) atoms. The highest BCUT2D eigenvalue weighted by molar-refractivity contribution is 6.16. The molecule has 9 aromatic rings. The van der Waals surface area contributed by atoms with E-state index in [1.165, 1.54) is 21.8 Å². The Hall–Kier alpha value is -5.67. The zero-order valence-corrected chi connectivity index (χ0v) is 22.7. The summed E-state index contributed by atoms with van der Waals surface area (Å²) in [6, 6.07) is 51.2. The van der Waals surface area contributed by atoms with Gasteiger partial charge in [0.05, 0.1) is 22.2 Å². The van der Waals surface area contributed by atoms with Crippen molar-refractivity contribution in [2.24, 2.45) is 0 Å². The number of pyridine rings is 1. The summed E-state index contributed by atoms with van der Waals surface area (Å²) in [6.07, 6.45) is 0. The SMILES string of the molecule is c1ccc(-c2cc(-c3cccc4oc5cc(-n6c7ccccc7c7ccccc76)ccc5c34)c3ccccc3n2)cc1. The van der Waals surface area contributed by atoms with Crippen LogP contribution in [0.4, 0.5) is 0 Å². The predicted octanol–water partition coefficient (Wildman–Crippen LogP) is 10.6. The highest BCUT2D eigenvalue weighted by Crippen LogP contribution is 2.41. The summed E-state index contributed by atoms with van der Waals surface area (Å²) < 4.78 is 8.91. The number of para-hydroxylation sites is 3. The van der Waals surface area contributed by atoms with Crippen LogP contribution in [-0.2, 0) is 0 Å². The molecule has 3 heterocycles. The fourth-order valence-electron chi connectivity index (χ4n) is 6.53. The Bertz CT molecular complexity index is 2410. The lowest BCUT2D eigenvalue weighted by Gasteiger charge is -2.12. The van der Waals surface area contributed by atoms with Crippen molar-refractivity contribution in [3.05, 3.63) is 146 Å². The van der Waals surface area contributed by atoms with E-state index in [0.717, 1.165) is 60.9 Å². The molecule has 0 saturated carbocycles. The second-order valence-electron chi connectivity index (χ2n) is 10.8. The number of benzene rings is 6. The Balaban J connectivity index is 1.30. The average molecular weight is 537 g/mol. The smallest absolute Gasteiger partial charge is 0.137 e. The van der Waals surface area contributed by atoms with Crippen LogP contribution in [0, 0.1) is 0 Å². The number of rotatable bonds is 3. The van der Waals surface area contributed by atoms with Crippen molar-refractivity contribution in [3.8, 4) is 28.1 Å². The Labute approximate surface area is 241 Å². The quantitative estimate of drug-likeness (QED) is 0.225. The van der Waals surface area contributed by atoms with E-state index in [9.17, 15) is 0 Å². The molecule has 0 radical (unpaired) electrons. The first-order valence-electron chi connectivity index (χ1n) is 14.2. The Morgan fingerprint density at radius 2 is 1.17 bits per heavy atom. The summed E-state index contributed by atoms with van der Waals surface area (Å²) in [5, 5.41) is 5.85. The maximum absolute atomic E-state index is 6.58. The van der Waals surface area contributed by atoms with Crippen LogP contribution in [0.2, 0.25) is 0 Å². The van der Waals surface area contributed by atoms with Gasteiger partial charge in [0.1, 0.15) is 11.2 Å². The van der Waals surface area contributed by atoms with E-state index in [1.807, 2.05) is 6.07 Å². The summed E-state index contributed by atoms with van der Waals surface area (Å²) in [4.78, 5) is 5.03. The molecule has 0 aliphatic heterocycles. The third kappa shape index (κ3) is 3.37. The van der Waals surface area contributed by atoms with E-state index in [4.69, 9.17) is 9.40 Å². The normalized spacial score (nSPS) is 11.8. The lowest BCUT2D eigenvalue weighted by molar-refractivity contribution is 0.668. The van der Waals surface area contributed by atoms with E-state index in [1.54, 1.807) is 0 Å². The van der Waals surface area contributed by atoms with Crippen LogP contribution in [0.1, 0.15) is 0 Å². The van der Waals surface area contributed by atoms with Crippen LogP contribution < -0.4 is 0 Å². The molecule has 0 aliphatic carbocycles. The van der Waals surface area contributed by atoms with Gasteiger partial charge in [0.2, 0.25) is 0 Å². The van der Waals surface area contributed by atoms with Gasteiger partial charge >= 0.3 is 0 Å². The zero-order chi connectivity index (χ0) is 27.6. The van der Waals surface area contributed by atoms with Gasteiger partial charge < -0.3 is 8.98 Å². The van der Waals surface area contributed by atoms with Crippen molar-refractivity contribution in [2.75, 3.05) is 0 Å². The van der Waals surface area contributed by atoms with E-state index < -0.39 is 0 Å². The second-order valence-corrected chi connectivity index (χ2v) is 10.8. The molecule has 0 fully saturated rings. The minimum absolute atomic E-state index is 0.874. The number of hydrogen-bond donors (Lipinski definition) is 0. The summed E-state index contributed by atoms with van der Waals surface area (Å²) in [5.41, 5.74) is 10.5. The maximum Gasteiger partial charge on any atom is 0.137 e. The largest absolute Gasteiger partial charge is 0.456 e.